The molecular weight excluding hydrogens is 174 g/mol. The van der Waals surface area contributed by atoms with Crippen molar-refractivity contribution in [3.8, 4) is 0 Å². The molecule has 0 radical (unpaired) electrons. The van der Waals surface area contributed by atoms with E-state index in [0.29, 0.717) is 0 Å². The van der Waals surface area contributed by atoms with E-state index in [-0.39, 0.29) is 18.8 Å². The van der Waals surface area contributed by atoms with Crippen LogP contribution in [-0.2, 0) is 0 Å². The Hall–Kier alpha value is -0.440. The van der Waals surface area contributed by atoms with Crippen LogP contribution >= 0.6 is 0 Å². The van der Waals surface area contributed by atoms with E-state index in [1.165, 1.54) is 6.08 Å². The van der Waals surface area contributed by atoms with Crippen LogP contribution in [-0.4, -0.2) is 16.6 Å². The van der Waals surface area contributed by atoms with Crippen LogP contribution < -0.4 is 0 Å². The Morgan fingerprint density at radius 3 is 2.23 bits per heavy atom. The van der Waals surface area contributed by atoms with Crippen LogP contribution in [0.5, 0.6) is 0 Å². The number of hydrogen-bond donors (Lipinski definition) is 1. The van der Waals surface area contributed by atoms with Crippen LogP contribution in [0, 0.1) is 5.92 Å². The van der Waals surface area contributed by atoms with Crippen LogP contribution in [0.1, 0.15) is 32.1 Å². The summed E-state index contributed by atoms with van der Waals surface area (Å²) in [5.74, 6) is -2.48. The van der Waals surface area contributed by atoms with Crippen molar-refractivity contribution in [3.63, 3.8) is 0 Å². The number of aliphatic hydroxyl groups is 1. The van der Waals surface area contributed by atoms with E-state index in [9.17, 15) is 13.9 Å². The summed E-state index contributed by atoms with van der Waals surface area (Å²) < 4.78 is 25.5. The van der Waals surface area contributed by atoms with Crippen molar-refractivity contribution in [1.29, 1.82) is 0 Å². The van der Waals surface area contributed by atoms with Crippen molar-refractivity contribution in [2.45, 2.75) is 43.6 Å². The molecule has 0 aromatic carbocycles. The van der Waals surface area contributed by atoms with Gasteiger partial charge in [-0.15, -0.1) is 0 Å². The summed E-state index contributed by atoms with van der Waals surface area (Å²) in [4.78, 5) is 0. The molecule has 3 heteroatoms. The van der Waals surface area contributed by atoms with Crippen LogP contribution in [0.15, 0.2) is 12.2 Å². The van der Waals surface area contributed by atoms with E-state index < -0.39 is 11.5 Å². The fourth-order valence-electron chi connectivity index (χ4n) is 2.05. The van der Waals surface area contributed by atoms with Gasteiger partial charge in [0.05, 0.1) is 5.60 Å². The van der Waals surface area contributed by atoms with E-state index in [1.807, 2.05) is 0 Å². The van der Waals surface area contributed by atoms with E-state index in [0.717, 1.165) is 25.3 Å². The predicted molar refractivity (Wildman–Crippen MR) is 45.6 cm³/mol. The van der Waals surface area contributed by atoms with Crippen LogP contribution in [0.4, 0.5) is 8.78 Å². The first kappa shape index (κ1) is 9.13. The smallest absolute Gasteiger partial charge is 0.266 e. The van der Waals surface area contributed by atoms with Gasteiger partial charge in [0.15, 0.2) is 0 Å². The summed E-state index contributed by atoms with van der Waals surface area (Å²) in [6, 6.07) is 0. The van der Waals surface area contributed by atoms with Crippen molar-refractivity contribution in [1.82, 2.24) is 0 Å². The molecule has 0 aromatic rings. The molecule has 2 aliphatic rings. The van der Waals surface area contributed by atoms with Crippen molar-refractivity contribution in [3.05, 3.63) is 12.2 Å². The standard InChI is InChI=1S/C10H14F2O/c11-10(12)6-4-9(13,5-7-10)8-2-1-3-8/h4,6,8,13H,1-3,5,7H2. The van der Waals surface area contributed by atoms with Gasteiger partial charge in [-0.05, 0) is 31.3 Å². The topological polar surface area (TPSA) is 20.2 Å². The third-order valence-corrected chi connectivity index (χ3v) is 3.29. The van der Waals surface area contributed by atoms with Gasteiger partial charge >= 0.3 is 0 Å². The van der Waals surface area contributed by atoms with E-state index >= 15 is 0 Å². The lowest BCUT2D eigenvalue weighted by atomic mass is 9.69. The Kier molecular flexibility index (Phi) is 1.95. The number of halogens is 2. The second-order valence-corrected chi connectivity index (χ2v) is 4.21. The highest BCUT2D eigenvalue weighted by molar-refractivity contribution is 5.14. The largest absolute Gasteiger partial charge is 0.386 e. The molecular formula is C10H14F2O. The molecule has 1 N–H and O–H groups in total. The highest BCUT2D eigenvalue weighted by Crippen LogP contribution is 2.44. The first-order valence-electron chi connectivity index (χ1n) is 4.82. The van der Waals surface area contributed by atoms with Crippen molar-refractivity contribution in [2.24, 2.45) is 5.92 Å². The summed E-state index contributed by atoms with van der Waals surface area (Å²) in [6.07, 6.45) is 5.27. The van der Waals surface area contributed by atoms with Crippen LogP contribution in [0.3, 0.4) is 0 Å². The first-order valence-corrected chi connectivity index (χ1v) is 4.82. The molecule has 13 heavy (non-hydrogen) atoms. The predicted octanol–water partition coefficient (Wildman–Crippen LogP) is 2.50. The number of rotatable bonds is 1. The van der Waals surface area contributed by atoms with Gasteiger partial charge in [0, 0.05) is 6.42 Å². The molecule has 1 fully saturated rings. The molecule has 2 rings (SSSR count). The second kappa shape index (κ2) is 2.77. The molecule has 0 saturated heterocycles. The maximum atomic E-state index is 12.7. The van der Waals surface area contributed by atoms with Gasteiger partial charge < -0.3 is 5.11 Å². The molecule has 2 aliphatic carbocycles. The van der Waals surface area contributed by atoms with Crippen LogP contribution in [0.25, 0.3) is 0 Å². The molecule has 0 amide bonds. The van der Waals surface area contributed by atoms with Gasteiger partial charge in [0.1, 0.15) is 0 Å². The average Bonchev–Trinajstić information content (AvgIpc) is 1.93. The molecule has 74 valence electrons. The summed E-state index contributed by atoms with van der Waals surface area (Å²) in [7, 11) is 0. The minimum atomic E-state index is -2.70. The third-order valence-electron chi connectivity index (χ3n) is 3.29. The molecule has 1 unspecified atom stereocenters. The zero-order chi connectivity index (χ0) is 9.53. The highest BCUT2D eigenvalue weighted by Gasteiger charge is 2.43. The molecule has 1 atom stereocenters. The average molecular weight is 188 g/mol. The zero-order valence-corrected chi connectivity index (χ0v) is 7.47. The summed E-state index contributed by atoms with van der Waals surface area (Å²) >= 11 is 0. The SMILES string of the molecule is OC1(C2CCC2)C=CC(F)(F)CC1. The Morgan fingerprint density at radius 2 is 1.85 bits per heavy atom. The van der Waals surface area contributed by atoms with Gasteiger partial charge in [-0.2, -0.15) is 0 Å². The number of hydrogen-bond acceptors (Lipinski definition) is 1. The Bertz CT molecular complexity index is 233. The fraction of sp³-hybridized carbons (Fsp3) is 0.800. The van der Waals surface area contributed by atoms with Gasteiger partial charge in [-0.1, -0.05) is 12.5 Å². The quantitative estimate of drug-likeness (QED) is 0.627. The summed E-state index contributed by atoms with van der Waals surface area (Å²) in [5.41, 5.74) is -0.931. The molecule has 1 saturated carbocycles. The molecule has 0 spiro atoms. The van der Waals surface area contributed by atoms with E-state index in [1.54, 1.807) is 0 Å². The maximum absolute atomic E-state index is 12.7. The van der Waals surface area contributed by atoms with Crippen LogP contribution in [0.2, 0.25) is 0 Å². The highest BCUT2D eigenvalue weighted by atomic mass is 19.3. The number of allylic oxidation sites excluding steroid dienone is 1. The summed E-state index contributed by atoms with van der Waals surface area (Å²) in [5, 5.41) is 10.0. The molecule has 1 nitrogen and oxygen atoms in total. The Balaban J connectivity index is 2.09. The van der Waals surface area contributed by atoms with Crippen molar-refractivity contribution < 1.29 is 13.9 Å². The minimum absolute atomic E-state index is 0.209. The molecule has 0 aromatic heterocycles. The van der Waals surface area contributed by atoms with Crippen molar-refractivity contribution >= 4 is 0 Å². The van der Waals surface area contributed by atoms with Gasteiger partial charge in [0.25, 0.3) is 5.92 Å². The lowest BCUT2D eigenvalue weighted by Gasteiger charge is -2.42. The zero-order valence-electron chi connectivity index (χ0n) is 7.47. The van der Waals surface area contributed by atoms with Gasteiger partial charge in [0.2, 0.25) is 0 Å². The van der Waals surface area contributed by atoms with Crippen molar-refractivity contribution in [2.75, 3.05) is 0 Å². The molecule has 0 heterocycles. The Morgan fingerprint density at radius 1 is 1.15 bits per heavy atom. The third kappa shape index (κ3) is 1.62. The lowest BCUT2D eigenvalue weighted by Crippen LogP contribution is -2.43. The molecule has 0 aliphatic heterocycles. The minimum Gasteiger partial charge on any atom is -0.386 e. The van der Waals surface area contributed by atoms with Gasteiger partial charge in [-0.3, -0.25) is 0 Å². The maximum Gasteiger partial charge on any atom is 0.266 e. The first-order chi connectivity index (χ1) is 6.02. The lowest BCUT2D eigenvalue weighted by molar-refractivity contribution is -0.0577. The van der Waals surface area contributed by atoms with Gasteiger partial charge in [-0.25, -0.2) is 8.78 Å². The Labute approximate surface area is 76.4 Å². The van der Waals surface area contributed by atoms with E-state index in [2.05, 4.69) is 0 Å². The fourth-order valence-corrected chi connectivity index (χ4v) is 2.05. The van der Waals surface area contributed by atoms with E-state index in [4.69, 9.17) is 0 Å². The monoisotopic (exact) mass is 188 g/mol. The molecule has 0 bridgehead atoms. The summed E-state index contributed by atoms with van der Waals surface area (Å²) in [6.45, 7) is 0. The second-order valence-electron chi connectivity index (χ2n) is 4.21. The number of alkyl halides is 2. The normalized spacial score (nSPS) is 38.7.